The number of piperidine rings is 1. The second-order valence-corrected chi connectivity index (χ2v) is 12.1. The van der Waals surface area contributed by atoms with E-state index in [1.54, 1.807) is 11.0 Å². The lowest BCUT2D eigenvalue weighted by Crippen LogP contribution is -2.42. The molecule has 0 spiro atoms. The van der Waals surface area contributed by atoms with Gasteiger partial charge in [-0.1, -0.05) is 18.9 Å². The largest absolute Gasteiger partial charge is 0.453 e. The Bertz CT molecular complexity index is 1400. The number of likely N-dealkylation sites (tertiary alicyclic amines) is 1. The van der Waals surface area contributed by atoms with Gasteiger partial charge < -0.3 is 14.5 Å². The van der Waals surface area contributed by atoms with Crippen molar-refractivity contribution in [2.24, 2.45) is 0 Å². The van der Waals surface area contributed by atoms with Crippen LogP contribution in [0, 0.1) is 11.6 Å². The number of hydrogen-bond acceptors (Lipinski definition) is 6. The Hall–Kier alpha value is -3.20. The molecule has 2 aliphatic heterocycles. The standard InChI is InChI=1S/C32H38F3N5O/c1-19(2)40-18-28(35)41-32-25(33)14-22(15-27(32)40)31-26(34)17-36-29(38-31)16-23-8-9-24(20-10-12-39(3)13-11-20)30(37-23)21-6-4-5-7-21/h8-9,14-15,17,19-21,28H,4-7,10-13,16,18H2,1-3H3. The first-order valence-corrected chi connectivity index (χ1v) is 14.9. The first kappa shape index (κ1) is 27.9. The van der Waals surface area contributed by atoms with E-state index >= 15 is 8.78 Å². The highest BCUT2D eigenvalue weighted by Gasteiger charge is 2.31. The molecule has 1 saturated carbocycles. The fourth-order valence-electron chi connectivity index (χ4n) is 6.62. The normalized spacial score (nSPS) is 20.5. The molecular weight excluding hydrogens is 527 g/mol. The number of benzene rings is 1. The summed E-state index contributed by atoms with van der Waals surface area (Å²) in [5.74, 6) is -0.152. The van der Waals surface area contributed by atoms with Gasteiger partial charge in [-0.15, -0.1) is 0 Å². The highest BCUT2D eigenvalue weighted by Crippen LogP contribution is 2.42. The summed E-state index contributed by atoms with van der Waals surface area (Å²) in [6, 6.07) is 6.97. The number of pyridine rings is 1. The third-order valence-electron chi connectivity index (χ3n) is 8.86. The second kappa shape index (κ2) is 11.6. The van der Waals surface area contributed by atoms with Gasteiger partial charge in [0, 0.05) is 28.9 Å². The third-order valence-corrected chi connectivity index (χ3v) is 8.86. The fourth-order valence-corrected chi connectivity index (χ4v) is 6.62. The van der Waals surface area contributed by atoms with E-state index in [1.807, 2.05) is 13.8 Å². The topological polar surface area (TPSA) is 54.4 Å². The van der Waals surface area contributed by atoms with Crippen LogP contribution in [0.1, 0.15) is 87.0 Å². The van der Waals surface area contributed by atoms with Crippen molar-refractivity contribution in [2.45, 2.75) is 83.0 Å². The Morgan fingerprint density at radius 2 is 1.73 bits per heavy atom. The van der Waals surface area contributed by atoms with Crippen molar-refractivity contribution in [1.29, 1.82) is 0 Å². The van der Waals surface area contributed by atoms with Gasteiger partial charge in [-0.05, 0) is 89.3 Å². The monoisotopic (exact) mass is 565 g/mol. The van der Waals surface area contributed by atoms with Crippen LogP contribution >= 0.6 is 0 Å². The van der Waals surface area contributed by atoms with Crippen LogP contribution < -0.4 is 9.64 Å². The minimum absolute atomic E-state index is 0.00161. The number of nitrogens with zero attached hydrogens (tertiary/aromatic N) is 5. The van der Waals surface area contributed by atoms with E-state index in [4.69, 9.17) is 9.72 Å². The fraction of sp³-hybridized carbons (Fsp3) is 0.531. The quantitative estimate of drug-likeness (QED) is 0.329. The van der Waals surface area contributed by atoms with Gasteiger partial charge >= 0.3 is 0 Å². The van der Waals surface area contributed by atoms with Crippen molar-refractivity contribution in [3.63, 3.8) is 0 Å². The van der Waals surface area contributed by atoms with Gasteiger partial charge in [0.25, 0.3) is 6.36 Å². The van der Waals surface area contributed by atoms with Crippen molar-refractivity contribution < 1.29 is 17.9 Å². The number of ether oxygens (including phenoxy) is 1. The van der Waals surface area contributed by atoms with Gasteiger partial charge in [0.05, 0.1) is 24.8 Å². The van der Waals surface area contributed by atoms with Crippen LogP contribution in [-0.4, -0.2) is 58.9 Å². The van der Waals surface area contributed by atoms with Crippen molar-refractivity contribution in [3.8, 4) is 17.0 Å². The molecule has 3 aliphatic rings. The lowest BCUT2D eigenvalue weighted by Gasteiger charge is -2.36. The van der Waals surface area contributed by atoms with Crippen molar-refractivity contribution >= 4 is 5.69 Å². The van der Waals surface area contributed by atoms with Crippen LogP contribution in [0.4, 0.5) is 18.9 Å². The van der Waals surface area contributed by atoms with E-state index in [0.717, 1.165) is 56.7 Å². The van der Waals surface area contributed by atoms with Gasteiger partial charge in [-0.2, -0.15) is 4.39 Å². The summed E-state index contributed by atoms with van der Waals surface area (Å²) in [6.45, 7) is 5.94. The highest BCUT2D eigenvalue weighted by molar-refractivity contribution is 5.72. The van der Waals surface area contributed by atoms with Gasteiger partial charge in [-0.3, -0.25) is 4.98 Å². The summed E-state index contributed by atoms with van der Waals surface area (Å²) in [5, 5.41) is 0. The maximum absolute atomic E-state index is 15.1. The molecule has 0 N–H and O–H groups in total. The maximum atomic E-state index is 15.1. The van der Waals surface area contributed by atoms with Gasteiger partial charge in [0.2, 0.25) is 0 Å². The lowest BCUT2D eigenvalue weighted by molar-refractivity contribution is 0.0591. The molecule has 9 heteroatoms. The molecule has 6 nitrogen and oxygen atoms in total. The lowest BCUT2D eigenvalue weighted by atomic mass is 9.84. The highest BCUT2D eigenvalue weighted by atomic mass is 19.1. The number of rotatable bonds is 6. The van der Waals surface area contributed by atoms with Crippen LogP contribution in [0.2, 0.25) is 0 Å². The van der Waals surface area contributed by atoms with E-state index in [9.17, 15) is 4.39 Å². The summed E-state index contributed by atoms with van der Waals surface area (Å²) in [7, 11) is 2.18. The molecule has 1 saturated heterocycles. The minimum atomic E-state index is -1.64. The predicted octanol–water partition coefficient (Wildman–Crippen LogP) is 6.78. The molecule has 2 aromatic heterocycles. The predicted molar refractivity (Wildman–Crippen MR) is 153 cm³/mol. The van der Waals surface area contributed by atoms with E-state index in [1.165, 1.54) is 24.1 Å². The zero-order valence-electron chi connectivity index (χ0n) is 24.0. The van der Waals surface area contributed by atoms with E-state index in [0.29, 0.717) is 29.8 Å². The molecule has 218 valence electrons. The van der Waals surface area contributed by atoms with Gasteiger partial charge in [0.1, 0.15) is 11.5 Å². The number of aromatic nitrogens is 3. The maximum Gasteiger partial charge on any atom is 0.256 e. The van der Waals surface area contributed by atoms with Crippen molar-refractivity contribution in [2.75, 3.05) is 31.6 Å². The Kier molecular flexibility index (Phi) is 7.90. The summed E-state index contributed by atoms with van der Waals surface area (Å²) < 4.78 is 49.5. The molecule has 0 amide bonds. The summed E-state index contributed by atoms with van der Waals surface area (Å²) in [6.07, 6.45) is 6.92. The van der Waals surface area contributed by atoms with Crippen LogP contribution in [0.5, 0.6) is 5.75 Å². The summed E-state index contributed by atoms with van der Waals surface area (Å²) >= 11 is 0. The number of fused-ring (bicyclic) bond motifs is 1. The average molecular weight is 566 g/mol. The van der Waals surface area contributed by atoms with E-state index in [-0.39, 0.29) is 29.6 Å². The molecule has 4 heterocycles. The number of alkyl halides is 1. The molecule has 1 aromatic carbocycles. The third kappa shape index (κ3) is 5.78. The summed E-state index contributed by atoms with van der Waals surface area (Å²) in [5.41, 5.74) is 4.09. The number of hydrogen-bond donors (Lipinski definition) is 0. The zero-order chi connectivity index (χ0) is 28.7. The number of anilines is 1. The van der Waals surface area contributed by atoms with Crippen molar-refractivity contribution in [3.05, 3.63) is 64.9 Å². The first-order valence-electron chi connectivity index (χ1n) is 14.9. The molecule has 0 bridgehead atoms. The average Bonchev–Trinajstić information content (AvgIpc) is 3.50. The number of halogens is 3. The Morgan fingerprint density at radius 1 is 0.976 bits per heavy atom. The van der Waals surface area contributed by atoms with Crippen LogP contribution in [-0.2, 0) is 6.42 Å². The van der Waals surface area contributed by atoms with E-state index in [2.05, 4.69) is 34.0 Å². The molecule has 1 atom stereocenters. The smallest absolute Gasteiger partial charge is 0.256 e. The Morgan fingerprint density at radius 3 is 2.46 bits per heavy atom. The zero-order valence-corrected chi connectivity index (χ0v) is 24.0. The Balaban J connectivity index is 1.31. The second-order valence-electron chi connectivity index (χ2n) is 12.1. The molecule has 0 radical (unpaired) electrons. The van der Waals surface area contributed by atoms with Crippen LogP contribution in [0.3, 0.4) is 0 Å². The van der Waals surface area contributed by atoms with Crippen LogP contribution in [0.25, 0.3) is 11.3 Å². The van der Waals surface area contributed by atoms with E-state index < -0.39 is 18.0 Å². The molecule has 6 rings (SSSR count). The summed E-state index contributed by atoms with van der Waals surface area (Å²) in [4.78, 5) is 18.1. The van der Waals surface area contributed by atoms with Crippen molar-refractivity contribution in [1.82, 2.24) is 19.9 Å². The molecule has 41 heavy (non-hydrogen) atoms. The molecule has 1 unspecified atom stereocenters. The van der Waals surface area contributed by atoms with Gasteiger partial charge in [0.15, 0.2) is 17.4 Å². The molecule has 3 aromatic rings. The molecular formula is C32H38F3N5O. The Labute approximate surface area is 240 Å². The van der Waals surface area contributed by atoms with Crippen LogP contribution in [0.15, 0.2) is 30.5 Å². The SMILES string of the molecule is CC(C)N1CC(F)Oc2c(F)cc(-c3nc(Cc4ccc(C5CCN(C)CC5)c(C5CCCC5)n4)ncc3F)cc21. The first-order chi connectivity index (χ1) is 19.8. The molecule has 2 fully saturated rings. The van der Waals surface area contributed by atoms with Gasteiger partial charge in [-0.25, -0.2) is 18.7 Å². The molecule has 1 aliphatic carbocycles. The minimum Gasteiger partial charge on any atom is -0.453 e.